The van der Waals surface area contributed by atoms with Gasteiger partial charge in [0, 0.05) is 17.2 Å². The predicted molar refractivity (Wildman–Crippen MR) is 87.1 cm³/mol. The van der Waals surface area contributed by atoms with Crippen LogP contribution in [0.3, 0.4) is 0 Å². The van der Waals surface area contributed by atoms with Crippen molar-refractivity contribution in [3.05, 3.63) is 39.0 Å². The van der Waals surface area contributed by atoms with Crippen LogP contribution in [0.1, 0.15) is 0 Å². The summed E-state index contributed by atoms with van der Waals surface area (Å²) in [6.45, 7) is 0.464. The highest BCUT2D eigenvalue weighted by atomic mass is 127. The Kier molecular flexibility index (Phi) is 5.17. The molecule has 1 aliphatic heterocycles. The van der Waals surface area contributed by atoms with Crippen LogP contribution in [0.4, 0.5) is 10.1 Å². The fourth-order valence-electron chi connectivity index (χ4n) is 2.26. The Bertz CT molecular complexity index is 592. The number of carbonyl (C=O) groups excluding carboxylic acids is 1. The molecule has 0 saturated heterocycles. The lowest BCUT2D eigenvalue weighted by molar-refractivity contribution is -0.118. The quantitative estimate of drug-likeness (QED) is 0.743. The summed E-state index contributed by atoms with van der Waals surface area (Å²) in [5.41, 5.74) is 0.761. The number of anilines is 1. The summed E-state index contributed by atoms with van der Waals surface area (Å²) in [5, 5.41) is 12.1. The third kappa shape index (κ3) is 3.72. The molecule has 1 aliphatic rings. The minimum Gasteiger partial charge on any atom is -0.388 e. The molecular weight excluding hydrogens is 388 g/mol. The van der Waals surface area contributed by atoms with Crippen molar-refractivity contribution in [3.8, 4) is 0 Å². The van der Waals surface area contributed by atoms with Crippen LogP contribution in [-0.4, -0.2) is 54.6 Å². The van der Waals surface area contributed by atoms with Gasteiger partial charge in [-0.15, -0.1) is 0 Å². The van der Waals surface area contributed by atoms with Crippen LogP contribution < -0.4 is 5.32 Å². The van der Waals surface area contributed by atoms with Gasteiger partial charge in [0.05, 0.1) is 17.9 Å². The Morgan fingerprint density at radius 1 is 1.48 bits per heavy atom. The lowest BCUT2D eigenvalue weighted by Gasteiger charge is -2.36. The monoisotopic (exact) mass is 405 g/mol. The molecule has 0 aliphatic carbocycles. The number of rotatable bonds is 4. The second kappa shape index (κ2) is 6.71. The van der Waals surface area contributed by atoms with Gasteiger partial charge < -0.3 is 15.3 Å². The van der Waals surface area contributed by atoms with E-state index >= 15 is 0 Å². The highest BCUT2D eigenvalue weighted by Crippen LogP contribution is 2.23. The van der Waals surface area contributed by atoms with Gasteiger partial charge in [0.1, 0.15) is 18.2 Å². The van der Waals surface area contributed by atoms with Crippen molar-refractivity contribution in [2.45, 2.75) is 0 Å². The molecule has 1 aromatic carbocycles. The van der Waals surface area contributed by atoms with Crippen molar-refractivity contribution in [1.29, 1.82) is 0 Å². The van der Waals surface area contributed by atoms with Crippen molar-refractivity contribution >= 4 is 34.1 Å². The first-order chi connectivity index (χ1) is 9.92. The largest absolute Gasteiger partial charge is 0.388 e. The number of ketones is 1. The summed E-state index contributed by atoms with van der Waals surface area (Å²) in [4.78, 5) is 15.7. The molecule has 0 unspecified atom stereocenters. The number of likely N-dealkylation sites (N-methyl/N-ethyl adjacent to an activating group) is 1. The lowest BCUT2D eigenvalue weighted by Crippen LogP contribution is -2.44. The first-order valence-corrected chi connectivity index (χ1v) is 7.49. The highest BCUT2D eigenvalue weighted by Gasteiger charge is 2.25. The van der Waals surface area contributed by atoms with Gasteiger partial charge in [-0.2, -0.15) is 0 Å². The molecule has 0 fully saturated rings. The average molecular weight is 405 g/mol. The lowest BCUT2D eigenvalue weighted by atomic mass is 10.1. The predicted octanol–water partition coefficient (Wildman–Crippen LogP) is 1.45. The maximum absolute atomic E-state index is 14.0. The summed E-state index contributed by atoms with van der Waals surface area (Å²) >= 11 is 2.04. The van der Waals surface area contributed by atoms with Crippen LogP contribution in [0.5, 0.6) is 0 Å². The first-order valence-electron chi connectivity index (χ1n) is 6.41. The summed E-state index contributed by atoms with van der Waals surface area (Å²) < 4.78 is 14.8. The van der Waals surface area contributed by atoms with Gasteiger partial charge >= 0.3 is 0 Å². The third-order valence-corrected chi connectivity index (χ3v) is 3.88. The maximum Gasteiger partial charge on any atom is 0.189 e. The van der Waals surface area contributed by atoms with E-state index in [-0.39, 0.29) is 11.6 Å². The van der Waals surface area contributed by atoms with Gasteiger partial charge in [0.2, 0.25) is 0 Å². The van der Waals surface area contributed by atoms with Crippen molar-refractivity contribution in [1.82, 2.24) is 9.80 Å². The van der Waals surface area contributed by atoms with Crippen LogP contribution in [0, 0.1) is 9.39 Å². The molecule has 0 atom stereocenters. The van der Waals surface area contributed by atoms with E-state index in [4.69, 9.17) is 5.11 Å². The van der Waals surface area contributed by atoms with Crippen molar-refractivity contribution in [2.24, 2.45) is 0 Å². The number of benzene rings is 1. The van der Waals surface area contributed by atoms with Crippen LogP contribution in [-0.2, 0) is 4.79 Å². The minimum atomic E-state index is -0.558. The van der Waals surface area contributed by atoms with E-state index in [0.29, 0.717) is 30.3 Å². The molecule has 7 heteroatoms. The topological polar surface area (TPSA) is 55.8 Å². The summed E-state index contributed by atoms with van der Waals surface area (Å²) in [7, 11) is 3.69. The number of hydrogen-bond donors (Lipinski definition) is 2. The number of halogens is 2. The molecule has 1 aromatic rings. The second-order valence-electron chi connectivity index (χ2n) is 5.01. The average Bonchev–Trinajstić information content (AvgIpc) is 2.42. The van der Waals surface area contributed by atoms with Gasteiger partial charge in [-0.1, -0.05) is 0 Å². The highest BCUT2D eigenvalue weighted by molar-refractivity contribution is 14.1. The fourth-order valence-corrected chi connectivity index (χ4v) is 2.72. The molecule has 21 heavy (non-hydrogen) atoms. The van der Waals surface area contributed by atoms with Gasteiger partial charge in [0.15, 0.2) is 5.78 Å². The number of nitrogens with zero attached hydrogens (tertiary/aromatic N) is 2. The molecule has 0 radical (unpaired) electrons. The standard InChI is InChI=1S/C14H17FIN3O2/c1-18-6-10(13(21)7-20)14(19(2)8-18)17-12-4-3-9(16)5-11(12)15/h3-5,17,20H,6-8H2,1-2H3. The van der Waals surface area contributed by atoms with E-state index in [1.165, 1.54) is 6.07 Å². The number of aliphatic hydroxyl groups excluding tert-OH is 1. The van der Waals surface area contributed by atoms with Gasteiger partial charge in [0.25, 0.3) is 0 Å². The zero-order valence-electron chi connectivity index (χ0n) is 11.9. The first kappa shape index (κ1) is 16.2. The number of nitrogens with one attached hydrogen (secondary N) is 1. The normalized spacial score (nSPS) is 16.3. The van der Waals surface area contributed by atoms with Crippen LogP contribution in [0.25, 0.3) is 0 Å². The van der Waals surface area contributed by atoms with Crippen molar-refractivity contribution in [2.75, 3.05) is 39.2 Å². The van der Waals surface area contributed by atoms with Gasteiger partial charge in [-0.3, -0.25) is 9.69 Å². The molecule has 2 rings (SSSR count). The molecule has 1 heterocycles. The molecule has 0 amide bonds. The second-order valence-corrected chi connectivity index (χ2v) is 6.26. The number of aliphatic hydroxyl groups is 1. The smallest absolute Gasteiger partial charge is 0.189 e. The summed E-state index contributed by atoms with van der Waals surface area (Å²) in [5.74, 6) is -0.202. The SMILES string of the molecule is CN1CC(C(=O)CO)=C(Nc2ccc(I)cc2F)N(C)C1. The van der Waals surface area contributed by atoms with Gasteiger partial charge in [-0.25, -0.2) is 4.39 Å². The fraction of sp³-hybridized carbons (Fsp3) is 0.357. The number of Topliss-reactive ketones (excluding diaryl/α,β-unsaturated/α-hetero) is 1. The van der Waals surface area contributed by atoms with Crippen molar-refractivity contribution < 1.29 is 14.3 Å². The Hall–Kier alpha value is -1.19. The Morgan fingerprint density at radius 3 is 2.81 bits per heavy atom. The molecule has 0 saturated carbocycles. The summed E-state index contributed by atoms with van der Waals surface area (Å²) in [6, 6.07) is 4.85. The Labute approximate surface area is 136 Å². The van der Waals surface area contributed by atoms with Crippen LogP contribution in [0.2, 0.25) is 0 Å². The van der Waals surface area contributed by atoms with E-state index in [1.54, 1.807) is 12.1 Å². The molecule has 0 spiro atoms. The van der Waals surface area contributed by atoms with Crippen LogP contribution in [0.15, 0.2) is 29.6 Å². The zero-order valence-corrected chi connectivity index (χ0v) is 14.0. The molecule has 114 valence electrons. The maximum atomic E-state index is 14.0. The number of hydrogen-bond acceptors (Lipinski definition) is 5. The summed E-state index contributed by atoms with van der Waals surface area (Å²) in [6.07, 6.45) is 0. The molecule has 0 aromatic heterocycles. The third-order valence-electron chi connectivity index (χ3n) is 3.21. The van der Waals surface area contributed by atoms with E-state index in [9.17, 15) is 9.18 Å². The van der Waals surface area contributed by atoms with E-state index < -0.39 is 6.61 Å². The Morgan fingerprint density at radius 2 is 2.19 bits per heavy atom. The molecule has 5 nitrogen and oxygen atoms in total. The minimum absolute atomic E-state index is 0.310. The van der Waals surface area contributed by atoms with E-state index in [0.717, 1.165) is 3.57 Å². The van der Waals surface area contributed by atoms with Gasteiger partial charge in [-0.05, 0) is 47.8 Å². The molecular formula is C14H17FIN3O2. The van der Waals surface area contributed by atoms with Crippen LogP contribution >= 0.6 is 22.6 Å². The molecule has 2 N–H and O–H groups in total. The number of carbonyl (C=O) groups is 1. The zero-order chi connectivity index (χ0) is 15.6. The molecule has 0 bridgehead atoms. The van der Waals surface area contributed by atoms with E-state index in [2.05, 4.69) is 5.32 Å². The Balaban J connectivity index is 2.38. The van der Waals surface area contributed by atoms with E-state index in [1.807, 2.05) is 46.5 Å². The van der Waals surface area contributed by atoms with Crippen molar-refractivity contribution in [3.63, 3.8) is 0 Å².